The maximum atomic E-state index is 12.9. The zero-order chi connectivity index (χ0) is 12.5. The lowest BCUT2D eigenvalue weighted by atomic mass is 10.2. The van der Waals surface area contributed by atoms with Gasteiger partial charge in [-0.15, -0.1) is 11.8 Å². The van der Waals surface area contributed by atoms with Crippen LogP contribution in [0.15, 0.2) is 29.2 Å². The topological polar surface area (TPSA) is 35.8 Å². The minimum Gasteiger partial charge on any atom is -0.302 e. The zero-order valence-corrected chi connectivity index (χ0v) is 10.8. The maximum absolute atomic E-state index is 12.9. The maximum Gasteiger partial charge on any atom is 0.124 e. The molecule has 0 spiro atoms. The first kappa shape index (κ1) is 14.0. The van der Waals surface area contributed by atoms with Gasteiger partial charge in [0.1, 0.15) is 5.82 Å². The molecule has 0 fully saturated rings. The van der Waals surface area contributed by atoms with E-state index >= 15 is 0 Å². The summed E-state index contributed by atoms with van der Waals surface area (Å²) in [5, 5.41) is 12.1. The van der Waals surface area contributed by atoms with Gasteiger partial charge in [-0.05, 0) is 37.6 Å². The molecule has 0 aliphatic rings. The quantitative estimate of drug-likeness (QED) is 0.757. The number of benzene rings is 1. The Morgan fingerprint density at radius 3 is 3.00 bits per heavy atom. The van der Waals surface area contributed by atoms with Crippen molar-refractivity contribution in [2.75, 3.05) is 12.3 Å². The standard InChI is InChI=1S/C13H17FN2S/c1-2-7-16-12(10-15)6-8-17-13-5-3-4-11(14)9-13/h3-5,9,12,16H,2,6-8H2,1H3. The van der Waals surface area contributed by atoms with E-state index in [1.54, 1.807) is 17.8 Å². The highest BCUT2D eigenvalue weighted by atomic mass is 32.2. The van der Waals surface area contributed by atoms with Gasteiger partial charge in [0, 0.05) is 10.6 Å². The Morgan fingerprint density at radius 2 is 2.35 bits per heavy atom. The van der Waals surface area contributed by atoms with E-state index in [4.69, 9.17) is 5.26 Å². The van der Waals surface area contributed by atoms with Gasteiger partial charge in [-0.2, -0.15) is 5.26 Å². The predicted octanol–water partition coefficient (Wildman–Crippen LogP) is 3.20. The van der Waals surface area contributed by atoms with Crippen LogP contribution in [0.25, 0.3) is 0 Å². The third-order valence-corrected chi connectivity index (χ3v) is 3.30. The number of hydrogen-bond acceptors (Lipinski definition) is 3. The Labute approximate surface area is 106 Å². The number of nitrogens with zero attached hydrogens (tertiary/aromatic N) is 1. The van der Waals surface area contributed by atoms with Crippen LogP contribution in [0.3, 0.4) is 0 Å². The molecule has 1 atom stereocenters. The summed E-state index contributed by atoms with van der Waals surface area (Å²) >= 11 is 1.58. The van der Waals surface area contributed by atoms with E-state index in [1.807, 2.05) is 6.07 Å². The first-order chi connectivity index (χ1) is 8.26. The van der Waals surface area contributed by atoms with Gasteiger partial charge in [-0.1, -0.05) is 13.0 Å². The molecule has 92 valence electrons. The molecule has 0 aromatic heterocycles. The minimum absolute atomic E-state index is 0.101. The smallest absolute Gasteiger partial charge is 0.124 e. The molecular weight excluding hydrogens is 235 g/mol. The average Bonchev–Trinajstić information content (AvgIpc) is 2.33. The summed E-state index contributed by atoms with van der Waals surface area (Å²) < 4.78 is 12.9. The van der Waals surface area contributed by atoms with Crippen molar-refractivity contribution in [3.8, 4) is 6.07 Å². The third kappa shape index (κ3) is 5.71. The van der Waals surface area contributed by atoms with Crippen molar-refractivity contribution in [1.29, 1.82) is 5.26 Å². The number of nitrogens with one attached hydrogen (secondary N) is 1. The molecule has 0 saturated heterocycles. The first-order valence-electron chi connectivity index (χ1n) is 5.77. The molecule has 1 unspecified atom stereocenters. The van der Waals surface area contributed by atoms with Gasteiger partial charge in [-0.3, -0.25) is 0 Å². The van der Waals surface area contributed by atoms with Crippen molar-refractivity contribution >= 4 is 11.8 Å². The third-order valence-electron chi connectivity index (χ3n) is 2.27. The van der Waals surface area contributed by atoms with Gasteiger partial charge in [-0.25, -0.2) is 4.39 Å². The molecule has 0 heterocycles. The van der Waals surface area contributed by atoms with Crippen LogP contribution in [0.1, 0.15) is 19.8 Å². The van der Waals surface area contributed by atoms with Crippen LogP contribution in [0.2, 0.25) is 0 Å². The summed E-state index contributed by atoms with van der Waals surface area (Å²) in [5.41, 5.74) is 0. The second-order valence-corrected chi connectivity index (χ2v) is 4.90. The van der Waals surface area contributed by atoms with E-state index in [-0.39, 0.29) is 11.9 Å². The van der Waals surface area contributed by atoms with Gasteiger partial charge in [0.05, 0.1) is 12.1 Å². The lowest BCUT2D eigenvalue weighted by molar-refractivity contribution is 0.585. The normalized spacial score (nSPS) is 12.1. The fourth-order valence-electron chi connectivity index (χ4n) is 1.38. The molecule has 0 saturated carbocycles. The van der Waals surface area contributed by atoms with Gasteiger partial charge in [0.15, 0.2) is 0 Å². The van der Waals surface area contributed by atoms with Crippen LogP contribution in [0, 0.1) is 17.1 Å². The van der Waals surface area contributed by atoms with Crippen molar-refractivity contribution in [1.82, 2.24) is 5.32 Å². The highest BCUT2D eigenvalue weighted by molar-refractivity contribution is 7.99. The van der Waals surface area contributed by atoms with E-state index in [1.165, 1.54) is 12.1 Å². The summed E-state index contributed by atoms with van der Waals surface area (Å²) in [7, 11) is 0. The van der Waals surface area contributed by atoms with Crippen LogP contribution in [0.5, 0.6) is 0 Å². The van der Waals surface area contributed by atoms with Crippen molar-refractivity contribution in [2.45, 2.75) is 30.7 Å². The second-order valence-electron chi connectivity index (χ2n) is 3.73. The molecule has 0 amide bonds. The summed E-state index contributed by atoms with van der Waals surface area (Å²) in [4.78, 5) is 0.914. The molecule has 1 aromatic rings. The van der Waals surface area contributed by atoms with E-state index in [2.05, 4.69) is 18.3 Å². The van der Waals surface area contributed by atoms with Crippen LogP contribution >= 0.6 is 11.8 Å². The first-order valence-corrected chi connectivity index (χ1v) is 6.76. The molecule has 4 heteroatoms. The van der Waals surface area contributed by atoms with E-state index < -0.39 is 0 Å². The van der Waals surface area contributed by atoms with Crippen LogP contribution in [-0.2, 0) is 0 Å². The van der Waals surface area contributed by atoms with Crippen LogP contribution in [0.4, 0.5) is 4.39 Å². The molecule has 0 bridgehead atoms. The molecule has 0 aliphatic carbocycles. The number of halogens is 1. The molecule has 1 rings (SSSR count). The number of nitriles is 1. The Bertz CT molecular complexity index is 376. The SMILES string of the molecule is CCCNC(C#N)CCSc1cccc(F)c1. The number of hydrogen-bond donors (Lipinski definition) is 1. The average molecular weight is 252 g/mol. The van der Waals surface area contributed by atoms with Crippen molar-refractivity contribution in [2.24, 2.45) is 0 Å². The lowest BCUT2D eigenvalue weighted by Crippen LogP contribution is -2.28. The van der Waals surface area contributed by atoms with Gasteiger partial charge < -0.3 is 5.32 Å². The zero-order valence-electron chi connectivity index (χ0n) is 9.95. The Kier molecular flexibility index (Phi) is 6.68. The molecule has 2 nitrogen and oxygen atoms in total. The monoisotopic (exact) mass is 252 g/mol. The van der Waals surface area contributed by atoms with Crippen LogP contribution < -0.4 is 5.32 Å². The van der Waals surface area contributed by atoms with Gasteiger partial charge in [0.25, 0.3) is 0 Å². The lowest BCUT2D eigenvalue weighted by Gasteiger charge is -2.10. The largest absolute Gasteiger partial charge is 0.302 e. The fourth-order valence-corrected chi connectivity index (χ4v) is 2.34. The van der Waals surface area contributed by atoms with E-state index in [0.29, 0.717) is 0 Å². The Morgan fingerprint density at radius 1 is 1.53 bits per heavy atom. The molecule has 0 aliphatic heterocycles. The summed E-state index contributed by atoms with van der Waals surface area (Å²) in [6.07, 6.45) is 1.80. The fraction of sp³-hybridized carbons (Fsp3) is 0.462. The summed E-state index contributed by atoms with van der Waals surface area (Å²) in [5.74, 6) is 0.606. The van der Waals surface area contributed by atoms with Gasteiger partial charge in [0.2, 0.25) is 0 Å². The molecule has 1 aromatic carbocycles. The highest BCUT2D eigenvalue weighted by Gasteiger charge is 2.05. The van der Waals surface area contributed by atoms with Crippen molar-refractivity contribution < 1.29 is 4.39 Å². The Balaban J connectivity index is 2.29. The van der Waals surface area contributed by atoms with Crippen molar-refractivity contribution in [3.63, 3.8) is 0 Å². The van der Waals surface area contributed by atoms with E-state index in [0.717, 1.165) is 30.0 Å². The van der Waals surface area contributed by atoms with Crippen LogP contribution in [-0.4, -0.2) is 18.3 Å². The van der Waals surface area contributed by atoms with Gasteiger partial charge >= 0.3 is 0 Å². The minimum atomic E-state index is -0.212. The van der Waals surface area contributed by atoms with E-state index in [9.17, 15) is 4.39 Å². The molecule has 0 radical (unpaired) electrons. The predicted molar refractivity (Wildman–Crippen MR) is 69.4 cm³/mol. The second kappa shape index (κ2) is 8.10. The molecule has 1 N–H and O–H groups in total. The number of thioether (sulfide) groups is 1. The summed E-state index contributed by atoms with van der Waals surface area (Å²) in [6, 6.07) is 8.68. The number of rotatable bonds is 7. The molecular formula is C13H17FN2S. The Hall–Kier alpha value is -1.05. The summed E-state index contributed by atoms with van der Waals surface area (Å²) in [6.45, 7) is 2.94. The molecule has 17 heavy (non-hydrogen) atoms. The van der Waals surface area contributed by atoms with Crippen molar-refractivity contribution in [3.05, 3.63) is 30.1 Å². The highest BCUT2D eigenvalue weighted by Crippen LogP contribution is 2.19.